The number of rotatable bonds is 9. The Morgan fingerprint density at radius 1 is 1.00 bits per heavy atom. The number of carbonyl (C=O) groups excluding carboxylic acids is 1. The van der Waals surface area contributed by atoms with Gasteiger partial charge in [-0.3, -0.25) is 4.79 Å². The Labute approximate surface area is 113 Å². The van der Waals surface area contributed by atoms with Crippen LogP contribution in [0.5, 0.6) is 0 Å². The first-order valence-electron chi connectivity index (χ1n) is 7.32. The molecule has 0 saturated carbocycles. The van der Waals surface area contributed by atoms with E-state index in [0.717, 1.165) is 19.3 Å². The second-order valence-electron chi connectivity index (χ2n) is 5.77. The first-order valence-corrected chi connectivity index (χ1v) is 7.32. The minimum absolute atomic E-state index is 0.0617. The van der Waals surface area contributed by atoms with Gasteiger partial charge in [-0.15, -0.1) is 0 Å². The summed E-state index contributed by atoms with van der Waals surface area (Å²) in [5.41, 5.74) is -0.345. The molecule has 2 heteroatoms. The molecule has 0 aliphatic heterocycles. The average Bonchev–Trinajstić information content (AvgIpc) is 2.24. The van der Waals surface area contributed by atoms with E-state index in [1.807, 2.05) is 20.8 Å². The van der Waals surface area contributed by atoms with Crippen LogP contribution in [0.1, 0.15) is 79.1 Å². The van der Waals surface area contributed by atoms with E-state index in [-0.39, 0.29) is 11.6 Å². The van der Waals surface area contributed by atoms with Gasteiger partial charge >= 0.3 is 5.97 Å². The summed E-state index contributed by atoms with van der Waals surface area (Å²) < 4.78 is 5.26. The minimum Gasteiger partial charge on any atom is -0.460 e. The molecule has 0 aromatic heterocycles. The molecule has 0 heterocycles. The van der Waals surface area contributed by atoms with Gasteiger partial charge in [0.05, 0.1) is 0 Å². The lowest BCUT2D eigenvalue weighted by atomic mass is 10.1. The molecule has 18 heavy (non-hydrogen) atoms. The number of hydrogen-bond acceptors (Lipinski definition) is 2. The van der Waals surface area contributed by atoms with E-state index in [9.17, 15) is 4.79 Å². The average molecular weight is 254 g/mol. The summed E-state index contributed by atoms with van der Waals surface area (Å²) in [4.78, 5) is 11.4. The van der Waals surface area contributed by atoms with Crippen LogP contribution in [0.25, 0.3) is 0 Å². The molecular weight excluding hydrogens is 224 g/mol. The van der Waals surface area contributed by atoms with Crippen molar-refractivity contribution in [2.24, 2.45) is 0 Å². The van der Waals surface area contributed by atoms with Gasteiger partial charge in [-0.2, -0.15) is 0 Å². The molecule has 0 rings (SSSR count). The molecule has 0 unspecified atom stereocenters. The van der Waals surface area contributed by atoms with Crippen LogP contribution < -0.4 is 0 Å². The topological polar surface area (TPSA) is 26.3 Å². The fourth-order valence-corrected chi connectivity index (χ4v) is 1.74. The molecule has 0 spiro atoms. The molecule has 0 aliphatic rings. The van der Waals surface area contributed by atoms with Crippen molar-refractivity contribution in [1.82, 2.24) is 0 Å². The lowest BCUT2D eigenvalue weighted by Crippen LogP contribution is -2.23. The number of ether oxygens (including phenoxy) is 1. The summed E-state index contributed by atoms with van der Waals surface area (Å²) in [7, 11) is 0. The van der Waals surface area contributed by atoms with Gasteiger partial charge in [0.15, 0.2) is 0 Å². The normalized spacial score (nSPS) is 12.0. The van der Waals surface area contributed by atoms with Crippen molar-refractivity contribution in [1.29, 1.82) is 0 Å². The van der Waals surface area contributed by atoms with E-state index in [0.29, 0.717) is 6.42 Å². The number of hydrogen-bond donors (Lipinski definition) is 0. The molecule has 0 N–H and O–H groups in total. The molecule has 0 saturated heterocycles. The third kappa shape index (κ3) is 13.3. The van der Waals surface area contributed by atoms with E-state index < -0.39 is 0 Å². The first kappa shape index (κ1) is 17.2. The Hall–Kier alpha value is -0.790. The van der Waals surface area contributed by atoms with Crippen molar-refractivity contribution in [2.75, 3.05) is 0 Å². The van der Waals surface area contributed by atoms with E-state index in [4.69, 9.17) is 4.74 Å². The molecule has 0 atom stereocenters. The maximum Gasteiger partial charge on any atom is 0.306 e. The third-order valence-electron chi connectivity index (χ3n) is 2.57. The molecule has 0 aliphatic carbocycles. The Balaban J connectivity index is 3.30. The number of allylic oxidation sites excluding steroid dienone is 2. The summed E-state index contributed by atoms with van der Waals surface area (Å²) >= 11 is 0. The minimum atomic E-state index is -0.345. The van der Waals surface area contributed by atoms with Gasteiger partial charge in [0.2, 0.25) is 0 Å². The van der Waals surface area contributed by atoms with E-state index in [2.05, 4.69) is 19.1 Å². The van der Waals surface area contributed by atoms with Crippen molar-refractivity contribution in [2.45, 2.75) is 84.7 Å². The Morgan fingerprint density at radius 3 is 2.22 bits per heavy atom. The Kier molecular flexibility index (Phi) is 9.72. The zero-order valence-electron chi connectivity index (χ0n) is 12.6. The summed E-state index contributed by atoms with van der Waals surface area (Å²) in [6.07, 6.45) is 13.2. The van der Waals surface area contributed by atoms with Crippen LogP contribution in [0.3, 0.4) is 0 Å². The zero-order valence-corrected chi connectivity index (χ0v) is 12.6. The molecule has 0 radical (unpaired) electrons. The molecule has 106 valence electrons. The third-order valence-corrected chi connectivity index (χ3v) is 2.57. The van der Waals surface area contributed by atoms with Gasteiger partial charge in [-0.05, 0) is 46.5 Å². The predicted octanol–water partition coefficient (Wildman–Crippen LogP) is 5.03. The highest BCUT2D eigenvalue weighted by atomic mass is 16.6. The van der Waals surface area contributed by atoms with E-state index in [1.165, 1.54) is 25.7 Å². The van der Waals surface area contributed by atoms with E-state index >= 15 is 0 Å². The zero-order chi connectivity index (χ0) is 13.9. The van der Waals surface area contributed by atoms with Crippen molar-refractivity contribution in [3.05, 3.63) is 12.2 Å². The van der Waals surface area contributed by atoms with Crippen LogP contribution in [0.4, 0.5) is 0 Å². The lowest BCUT2D eigenvalue weighted by molar-refractivity contribution is -0.154. The second kappa shape index (κ2) is 10.2. The summed E-state index contributed by atoms with van der Waals surface area (Å²) in [6, 6.07) is 0. The smallest absolute Gasteiger partial charge is 0.306 e. The predicted molar refractivity (Wildman–Crippen MR) is 77.6 cm³/mol. The molecule has 0 bridgehead atoms. The molecule has 0 amide bonds. The lowest BCUT2D eigenvalue weighted by Gasteiger charge is -2.19. The molecular formula is C16H30O2. The van der Waals surface area contributed by atoms with Gasteiger partial charge in [-0.1, -0.05) is 38.3 Å². The quantitative estimate of drug-likeness (QED) is 0.328. The maximum absolute atomic E-state index is 11.4. The van der Waals surface area contributed by atoms with Crippen LogP contribution >= 0.6 is 0 Å². The van der Waals surface area contributed by atoms with Gasteiger partial charge in [0.1, 0.15) is 5.60 Å². The van der Waals surface area contributed by atoms with Gasteiger partial charge in [-0.25, -0.2) is 0 Å². The molecule has 2 nitrogen and oxygen atoms in total. The number of carbonyl (C=O) groups is 1. The summed E-state index contributed by atoms with van der Waals surface area (Å²) in [6.45, 7) is 7.89. The van der Waals surface area contributed by atoms with Crippen LogP contribution in [0, 0.1) is 0 Å². The van der Waals surface area contributed by atoms with Crippen molar-refractivity contribution < 1.29 is 9.53 Å². The largest absolute Gasteiger partial charge is 0.460 e. The van der Waals surface area contributed by atoms with Crippen molar-refractivity contribution in [3.63, 3.8) is 0 Å². The summed E-state index contributed by atoms with van der Waals surface area (Å²) in [5, 5.41) is 0. The van der Waals surface area contributed by atoms with Crippen LogP contribution in [-0.2, 0) is 9.53 Å². The first-order chi connectivity index (χ1) is 8.45. The van der Waals surface area contributed by atoms with Crippen LogP contribution in [0.15, 0.2) is 12.2 Å². The number of esters is 1. The highest BCUT2D eigenvalue weighted by molar-refractivity contribution is 5.69. The van der Waals surface area contributed by atoms with Gasteiger partial charge in [0, 0.05) is 6.42 Å². The van der Waals surface area contributed by atoms with Crippen LogP contribution in [-0.4, -0.2) is 11.6 Å². The van der Waals surface area contributed by atoms with Crippen LogP contribution in [0.2, 0.25) is 0 Å². The van der Waals surface area contributed by atoms with Crippen molar-refractivity contribution in [3.8, 4) is 0 Å². The monoisotopic (exact) mass is 254 g/mol. The van der Waals surface area contributed by atoms with E-state index in [1.54, 1.807) is 0 Å². The highest BCUT2D eigenvalue weighted by Crippen LogP contribution is 2.12. The Bertz CT molecular complexity index is 236. The van der Waals surface area contributed by atoms with Gasteiger partial charge in [0.25, 0.3) is 0 Å². The standard InChI is InChI=1S/C16H30O2/c1-5-6-7-8-9-10-11-12-13-14-15(17)18-16(2,3)4/h6-7H,5,8-14H2,1-4H3/b7-6+. The maximum atomic E-state index is 11.4. The molecule has 0 fully saturated rings. The van der Waals surface area contributed by atoms with Crippen molar-refractivity contribution >= 4 is 5.97 Å². The second-order valence-corrected chi connectivity index (χ2v) is 5.77. The fourth-order valence-electron chi connectivity index (χ4n) is 1.74. The SMILES string of the molecule is CC/C=C/CCCCCCCC(=O)OC(C)(C)C. The molecule has 0 aromatic rings. The fraction of sp³-hybridized carbons (Fsp3) is 0.812. The number of unbranched alkanes of at least 4 members (excludes halogenated alkanes) is 5. The Morgan fingerprint density at radius 2 is 1.61 bits per heavy atom. The summed E-state index contributed by atoms with van der Waals surface area (Å²) in [5.74, 6) is -0.0617. The molecule has 0 aromatic carbocycles. The van der Waals surface area contributed by atoms with Gasteiger partial charge < -0.3 is 4.74 Å². The highest BCUT2D eigenvalue weighted by Gasteiger charge is 2.15.